The highest BCUT2D eigenvalue weighted by Gasteiger charge is 2.27. The molecule has 14 heavy (non-hydrogen) atoms. The van der Waals surface area contributed by atoms with E-state index in [0.29, 0.717) is 10.9 Å². The van der Waals surface area contributed by atoms with Crippen molar-refractivity contribution in [2.45, 2.75) is 9.79 Å². The van der Waals surface area contributed by atoms with Gasteiger partial charge in [-0.1, -0.05) is 12.1 Å². The highest BCUT2D eigenvalue weighted by Crippen LogP contribution is 2.27. The molecule has 0 atom stereocenters. The van der Waals surface area contributed by atoms with Crippen molar-refractivity contribution in [2.24, 2.45) is 0 Å². The predicted molar refractivity (Wildman–Crippen MR) is 64.4 cm³/mol. The Kier molecular flexibility index (Phi) is 3.79. The molecule has 0 aliphatic carbocycles. The quantitative estimate of drug-likeness (QED) is 0.567. The second-order valence-corrected chi connectivity index (χ2v) is 6.25. The highest BCUT2D eigenvalue weighted by atomic mass is 32.2. The molecule has 0 radical (unpaired) electrons. The number of benzene rings is 1. The molecule has 1 nitrogen and oxygen atoms in total. The fourth-order valence-electron chi connectivity index (χ4n) is 1.60. The lowest BCUT2D eigenvalue weighted by molar-refractivity contribution is 0.159. The van der Waals surface area contributed by atoms with Crippen molar-refractivity contribution in [3.63, 3.8) is 0 Å². The first-order valence-electron chi connectivity index (χ1n) is 4.80. The van der Waals surface area contributed by atoms with Crippen LogP contribution in [0.1, 0.15) is 0 Å². The number of hydrogen-bond acceptors (Lipinski definition) is 2. The van der Waals surface area contributed by atoms with Gasteiger partial charge in [-0.05, 0) is 18.4 Å². The summed E-state index contributed by atoms with van der Waals surface area (Å²) in [5.41, 5.74) is 0. The molecule has 0 aromatic heterocycles. The second kappa shape index (κ2) is 5.10. The summed E-state index contributed by atoms with van der Waals surface area (Å²) in [7, 11) is 0.435. The van der Waals surface area contributed by atoms with Gasteiger partial charge in [0.15, 0.2) is 4.90 Å². The molecule has 1 heterocycles. The summed E-state index contributed by atoms with van der Waals surface area (Å²) in [5, 5.41) is 0. The van der Waals surface area contributed by atoms with E-state index >= 15 is 0 Å². The topological polar surface area (TPSA) is 9.23 Å². The minimum atomic E-state index is 0.435. The Bertz CT molecular complexity index is 295. The lowest BCUT2D eigenvalue weighted by Gasteiger charge is -2.15. The fraction of sp³-hybridized carbons (Fsp3) is 0.455. The van der Waals surface area contributed by atoms with Crippen LogP contribution in [0.3, 0.4) is 0 Å². The van der Waals surface area contributed by atoms with Crippen molar-refractivity contribution >= 4 is 22.7 Å². The second-order valence-electron chi connectivity index (χ2n) is 3.16. The first-order valence-corrected chi connectivity index (χ1v) is 7.59. The van der Waals surface area contributed by atoms with Gasteiger partial charge >= 0.3 is 0 Å². The van der Waals surface area contributed by atoms with E-state index in [1.165, 1.54) is 16.4 Å². The van der Waals surface area contributed by atoms with Gasteiger partial charge in [0.25, 0.3) is 0 Å². The van der Waals surface area contributed by atoms with E-state index in [4.69, 9.17) is 4.74 Å². The summed E-state index contributed by atoms with van der Waals surface area (Å²) in [6.45, 7) is 1.87. The standard InChI is InChI=1S/C11H15OS2/c1-13-10-4-2-3-5-11(10)14-8-6-12-7-9-14/h2-5H,6-9H2,1H3/q+1. The Hall–Kier alpha value is -0.120. The molecule has 1 aliphatic rings. The highest BCUT2D eigenvalue weighted by molar-refractivity contribution is 8.00. The van der Waals surface area contributed by atoms with Crippen molar-refractivity contribution in [1.82, 2.24) is 0 Å². The van der Waals surface area contributed by atoms with Gasteiger partial charge < -0.3 is 4.74 Å². The Morgan fingerprint density at radius 2 is 1.93 bits per heavy atom. The molecule has 1 saturated heterocycles. The molecule has 0 spiro atoms. The van der Waals surface area contributed by atoms with Gasteiger partial charge in [0.2, 0.25) is 0 Å². The van der Waals surface area contributed by atoms with Gasteiger partial charge in [0.1, 0.15) is 11.5 Å². The predicted octanol–water partition coefficient (Wildman–Crippen LogP) is 2.42. The normalized spacial score (nSPS) is 18.4. The fourth-order valence-corrected chi connectivity index (χ4v) is 4.59. The molecule has 3 heteroatoms. The van der Waals surface area contributed by atoms with Gasteiger partial charge in [0.05, 0.1) is 18.1 Å². The summed E-state index contributed by atoms with van der Waals surface area (Å²) in [4.78, 5) is 2.99. The van der Waals surface area contributed by atoms with E-state index in [0.717, 1.165) is 13.2 Å². The van der Waals surface area contributed by atoms with Crippen LogP contribution in [0.15, 0.2) is 34.1 Å². The largest absolute Gasteiger partial charge is 0.372 e. The minimum Gasteiger partial charge on any atom is -0.372 e. The van der Waals surface area contributed by atoms with Gasteiger partial charge in [-0.25, -0.2) is 0 Å². The van der Waals surface area contributed by atoms with Crippen molar-refractivity contribution in [3.05, 3.63) is 24.3 Å². The first-order chi connectivity index (χ1) is 6.92. The lowest BCUT2D eigenvalue weighted by Crippen LogP contribution is -2.26. The van der Waals surface area contributed by atoms with Crippen LogP contribution in [0.2, 0.25) is 0 Å². The van der Waals surface area contributed by atoms with Crippen LogP contribution in [-0.2, 0) is 15.6 Å². The molecule has 0 N–H and O–H groups in total. The molecule has 0 saturated carbocycles. The minimum absolute atomic E-state index is 0.435. The third kappa shape index (κ3) is 2.27. The van der Waals surface area contributed by atoms with Gasteiger partial charge in [-0.3, -0.25) is 0 Å². The monoisotopic (exact) mass is 227 g/mol. The van der Waals surface area contributed by atoms with Crippen LogP contribution in [0, 0.1) is 0 Å². The average molecular weight is 227 g/mol. The molecule has 1 aromatic carbocycles. The molecule has 0 unspecified atom stereocenters. The van der Waals surface area contributed by atoms with E-state index in [2.05, 4.69) is 30.5 Å². The SMILES string of the molecule is CSc1ccccc1[S+]1CCOCC1. The maximum atomic E-state index is 5.39. The van der Waals surface area contributed by atoms with E-state index in [1.807, 2.05) is 11.8 Å². The lowest BCUT2D eigenvalue weighted by atomic mass is 10.4. The van der Waals surface area contributed by atoms with E-state index < -0.39 is 0 Å². The maximum Gasteiger partial charge on any atom is 0.168 e. The Morgan fingerprint density at radius 3 is 2.64 bits per heavy atom. The van der Waals surface area contributed by atoms with Gasteiger partial charge in [-0.15, -0.1) is 11.8 Å². The molecular formula is C11H15OS2+. The molecule has 2 rings (SSSR count). The number of thioether (sulfide) groups is 1. The van der Waals surface area contributed by atoms with Crippen LogP contribution in [0.4, 0.5) is 0 Å². The summed E-state index contributed by atoms with van der Waals surface area (Å²) in [6, 6.07) is 8.78. The number of rotatable bonds is 2. The number of ether oxygens (including phenoxy) is 1. The van der Waals surface area contributed by atoms with Gasteiger partial charge in [-0.2, -0.15) is 0 Å². The Labute approximate surface area is 92.6 Å². The molecule has 76 valence electrons. The Morgan fingerprint density at radius 1 is 1.21 bits per heavy atom. The third-order valence-corrected chi connectivity index (χ3v) is 5.55. The molecule has 0 amide bonds. The van der Waals surface area contributed by atoms with E-state index in [9.17, 15) is 0 Å². The molecule has 1 aromatic rings. The smallest absolute Gasteiger partial charge is 0.168 e. The maximum absolute atomic E-state index is 5.39. The van der Waals surface area contributed by atoms with Crippen LogP contribution in [0.5, 0.6) is 0 Å². The molecule has 1 aliphatic heterocycles. The van der Waals surface area contributed by atoms with E-state index in [-0.39, 0.29) is 0 Å². The van der Waals surface area contributed by atoms with Crippen molar-refractivity contribution in [2.75, 3.05) is 31.0 Å². The number of hydrogen-bond donors (Lipinski definition) is 0. The molecular weight excluding hydrogens is 212 g/mol. The average Bonchev–Trinajstić information content (AvgIpc) is 2.30. The summed E-state index contributed by atoms with van der Waals surface area (Å²) in [5.74, 6) is 2.41. The molecule has 0 bridgehead atoms. The van der Waals surface area contributed by atoms with Crippen LogP contribution in [-0.4, -0.2) is 31.0 Å². The summed E-state index contributed by atoms with van der Waals surface area (Å²) >= 11 is 1.86. The van der Waals surface area contributed by atoms with E-state index in [1.54, 1.807) is 4.90 Å². The summed E-state index contributed by atoms with van der Waals surface area (Å²) in [6.07, 6.45) is 2.16. The zero-order valence-corrected chi connectivity index (χ0v) is 10.00. The summed E-state index contributed by atoms with van der Waals surface area (Å²) < 4.78 is 5.39. The van der Waals surface area contributed by atoms with Crippen LogP contribution < -0.4 is 0 Å². The van der Waals surface area contributed by atoms with Crippen LogP contribution >= 0.6 is 11.8 Å². The third-order valence-electron chi connectivity index (χ3n) is 2.33. The van der Waals surface area contributed by atoms with Crippen molar-refractivity contribution in [3.8, 4) is 0 Å². The first kappa shape index (κ1) is 10.4. The Balaban J connectivity index is 2.20. The zero-order chi connectivity index (χ0) is 9.80. The molecule has 1 fully saturated rings. The van der Waals surface area contributed by atoms with Gasteiger partial charge in [0, 0.05) is 10.9 Å². The van der Waals surface area contributed by atoms with Crippen molar-refractivity contribution in [1.29, 1.82) is 0 Å². The van der Waals surface area contributed by atoms with Crippen LogP contribution in [0.25, 0.3) is 0 Å². The van der Waals surface area contributed by atoms with Crippen molar-refractivity contribution < 1.29 is 4.74 Å². The zero-order valence-electron chi connectivity index (χ0n) is 8.36.